The number of hydrogen-bond acceptors (Lipinski definition) is 3. The van der Waals surface area contributed by atoms with E-state index in [1.54, 1.807) is 0 Å². The number of thioether (sulfide) groups is 1. The molecule has 0 amide bonds. The standard InChI is InChI=1S/C8H18N2S/c1-10(2)8(5-9)7-3-4-11-6-7/h7-8H,3-6,9H2,1-2H3. The Morgan fingerprint density at radius 3 is 2.73 bits per heavy atom. The normalized spacial score (nSPS) is 27.8. The molecule has 0 aromatic carbocycles. The molecule has 1 heterocycles. The zero-order chi connectivity index (χ0) is 8.27. The van der Waals surface area contributed by atoms with Crippen LogP contribution in [0.3, 0.4) is 0 Å². The van der Waals surface area contributed by atoms with E-state index in [1.807, 2.05) is 0 Å². The fourth-order valence-corrected chi connectivity index (χ4v) is 3.01. The summed E-state index contributed by atoms with van der Waals surface area (Å²) in [6.07, 6.45) is 1.35. The van der Waals surface area contributed by atoms with Crippen molar-refractivity contribution in [1.29, 1.82) is 0 Å². The molecule has 2 unspecified atom stereocenters. The van der Waals surface area contributed by atoms with Crippen LogP contribution in [0.1, 0.15) is 6.42 Å². The molecule has 1 aliphatic heterocycles. The minimum atomic E-state index is 0.602. The lowest BCUT2D eigenvalue weighted by Crippen LogP contribution is -2.41. The van der Waals surface area contributed by atoms with Crippen molar-refractivity contribution in [2.24, 2.45) is 11.7 Å². The van der Waals surface area contributed by atoms with Crippen LogP contribution in [0.25, 0.3) is 0 Å². The van der Waals surface area contributed by atoms with Crippen LogP contribution in [-0.4, -0.2) is 43.1 Å². The second-order valence-electron chi connectivity index (χ2n) is 3.39. The summed E-state index contributed by atoms with van der Waals surface area (Å²) in [5, 5.41) is 0. The zero-order valence-corrected chi connectivity index (χ0v) is 8.23. The molecule has 2 N–H and O–H groups in total. The SMILES string of the molecule is CN(C)C(CN)C1CCSC1. The van der Waals surface area contributed by atoms with Crippen LogP contribution in [0.4, 0.5) is 0 Å². The van der Waals surface area contributed by atoms with Crippen molar-refractivity contribution >= 4 is 11.8 Å². The highest BCUT2D eigenvalue weighted by molar-refractivity contribution is 7.99. The topological polar surface area (TPSA) is 29.3 Å². The van der Waals surface area contributed by atoms with Gasteiger partial charge in [0.2, 0.25) is 0 Å². The maximum absolute atomic E-state index is 5.70. The minimum Gasteiger partial charge on any atom is -0.329 e. The summed E-state index contributed by atoms with van der Waals surface area (Å²) in [5.74, 6) is 3.47. The molecule has 0 saturated carbocycles. The van der Waals surface area contributed by atoms with Gasteiger partial charge in [-0.05, 0) is 37.9 Å². The monoisotopic (exact) mass is 174 g/mol. The van der Waals surface area contributed by atoms with Crippen LogP contribution in [0.15, 0.2) is 0 Å². The maximum Gasteiger partial charge on any atom is 0.0248 e. The van der Waals surface area contributed by atoms with Crippen molar-refractivity contribution in [3.05, 3.63) is 0 Å². The molecule has 66 valence electrons. The fraction of sp³-hybridized carbons (Fsp3) is 1.00. The number of nitrogens with zero attached hydrogens (tertiary/aromatic N) is 1. The first kappa shape index (κ1) is 9.36. The van der Waals surface area contributed by atoms with E-state index < -0.39 is 0 Å². The number of likely N-dealkylation sites (N-methyl/N-ethyl adjacent to an activating group) is 1. The fourth-order valence-electron chi connectivity index (χ4n) is 1.68. The van der Waals surface area contributed by atoms with Crippen molar-refractivity contribution in [1.82, 2.24) is 4.90 Å². The first-order valence-electron chi connectivity index (χ1n) is 4.20. The lowest BCUT2D eigenvalue weighted by Gasteiger charge is -2.27. The van der Waals surface area contributed by atoms with Crippen LogP contribution in [0, 0.1) is 5.92 Å². The van der Waals surface area contributed by atoms with Gasteiger partial charge < -0.3 is 10.6 Å². The Bertz CT molecular complexity index is 111. The highest BCUT2D eigenvalue weighted by Gasteiger charge is 2.25. The van der Waals surface area contributed by atoms with E-state index in [9.17, 15) is 0 Å². The second kappa shape index (κ2) is 4.33. The van der Waals surface area contributed by atoms with Gasteiger partial charge in [-0.2, -0.15) is 11.8 Å². The van der Waals surface area contributed by atoms with Gasteiger partial charge in [-0.25, -0.2) is 0 Å². The summed E-state index contributed by atoms with van der Waals surface area (Å²) in [5.41, 5.74) is 5.70. The Labute approximate surface area is 73.5 Å². The van der Waals surface area contributed by atoms with E-state index in [2.05, 4.69) is 30.8 Å². The quantitative estimate of drug-likeness (QED) is 0.680. The predicted octanol–water partition coefficient (Wildman–Crippen LogP) is 0.628. The van der Waals surface area contributed by atoms with Gasteiger partial charge in [0.1, 0.15) is 0 Å². The summed E-state index contributed by atoms with van der Waals surface area (Å²) >= 11 is 2.06. The molecule has 0 spiro atoms. The summed E-state index contributed by atoms with van der Waals surface area (Å²) in [4.78, 5) is 2.26. The second-order valence-corrected chi connectivity index (χ2v) is 4.54. The molecule has 11 heavy (non-hydrogen) atoms. The van der Waals surface area contributed by atoms with Crippen molar-refractivity contribution in [3.8, 4) is 0 Å². The first-order chi connectivity index (χ1) is 5.25. The molecule has 1 aliphatic rings. The van der Waals surface area contributed by atoms with E-state index in [1.165, 1.54) is 17.9 Å². The number of hydrogen-bond donors (Lipinski definition) is 1. The third-order valence-corrected chi connectivity index (χ3v) is 3.60. The van der Waals surface area contributed by atoms with Crippen molar-refractivity contribution in [2.45, 2.75) is 12.5 Å². The minimum absolute atomic E-state index is 0.602. The Balaban J connectivity index is 2.40. The van der Waals surface area contributed by atoms with Gasteiger partial charge in [0.15, 0.2) is 0 Å². The van der Waals surface area contributed by atoms with Crippen LogP contribution in [-0.2, 0) is 0 Å². The molecule has 0 aromatic rings. The Morgan fingerprint density at radius 2 is 2.36 bits per heavy atom. The average Bonchev–Trinajstić information content (AvgIpc) is 2.40. The zero-order valence-electron chi connectivity index (χ0n) is 7.42. The average molecular weight is 174 g/mol. The Kier molecular flexibility index (Phi) is 3.69. The van der Waals surface area contributed by atoms with Gasteiger partial charge in [-0.15, -0.1) is 0 Å². The van der Waals surface area contributed by atoms with Crippen LogP contribution in [0.2, 0.25) is 0 Å². The molecule has 0 aliphatic carbocycles. The Morgan fingerprint density at radius 1 is 1.64 bits per heavy atom. The van der Waals surface area contributed by atoms with Gasteiger partial charge in [0.25, 0.3) is 0 Å². The van der Waals surface area contributed by atoms with Gasteiger partial charge in [0, 0.05) is 12.6 Å². The van der Waals surface area contributed by atoms with Crippen molar-refractivity contribution in [2.75, 3.05) is 32.1 Å². The molecular formula is C8H18N2S. The van der Waals surface area contributed by atoms with E-state index in [4.69, 9.17) is 5.73 Å². The third kappa shape index (κ3) is 2.36. The maximum atomic E-state index is 5.70. The first-order valence-corrected chi connectivity index (χ1v) is 5.35. The van der Waals surface area contributed by atoms with Crippen LogP contribution >= 0.6 is 11.8 Å². The van der Waals surface area contributed by atoms with E-state index in [-0.39, 0.29) is 0 Å². The molecular weight excluding hydrogens is 156 g/mol. The molecule has 2 atom stereocenters. The molecule has 1 saturated heterocycles. The van der Waals surface area contributed by atoms with E-state index in [0.717, 1.165) is 12.5 Å². The molecule has 2 nitrogen and oxygen atoms in total. The Hall–Kier alpha value is 0.270. The molecule has 0 bridgehead atoms. The van der Waals surface area contributed by atoms with Crippen molar-refractivity contribution < 1.29 is 0 Å². The van der Waals surface area contributed by atoms with Gasteiger partial charge in [-0.1, -0.05) is 0 Å². The smallest absolute Gasteiger partial charge is 0.0248 e. The lowest BCUT2D eigenvalue weighted by molar-refractivity contribution is 0.230. The van der Waals surface area contributed by atoms with Gasteiger partial charge >= 0.3 is 0 Å². The molecule has 0 aromatic heterocycles. The van der Waals surface area contributed by atoms with E-state index in [0.29, 0.717) is 6.04 Å². The highest BCUT2D eigenvalue weighted by Crippen LogP contribution is 2.27. The molecule has 1 rings (SSSR count). The predicted molar refractivity (Wildman–Crippen MR) is 52.0 cm³/mol. The van der Waals surface area contributed by atoms with E-state index >= 15 is 0 Å². The van der Waals surface area contributed by atoms with Gasteiger partial charge in [0.05, 0.1) is 0 Å². The lowest BCUT2D eigenvalue weighted by atomic mass is 9.98. The molecule has 0 radical (unpaired) electrons. The van der Waals surface area contributed by atoms with Crippen LogP contribution in [0.5, 0.6) is 0 Å². The summed E-state index contributed by atoms with van der Waals surface area (Å²) in [7, 11) is 4.25. The van der Waals surface area contributed by atoms with Crippen molar-refractivity contribution in [3.63, 3.8) is 0 Å². The molecule has 3 heteroatoms. The largest absolute Gasteiger partial charge is 0.329 e. The highest BCUT2D eigenvalue weighted by atomic mass is 32.2. The number of nitrogens with two attached hydrogens (primary N) is 1. The summed E-state index contributed by atoms with van der Waals surface area (Å²) in [6.45, 7) is 0.804. The number of rotatable bonds is 3. The summed E-state index contributed by atoms with van der Waals surface area (Å²) in [6, 6.07) is 0.602. The third-order valence-electron chi connectivity index (χ3n) is 2.41. The summed E-state index contributed by atoms with van der Waals surface area (Å²) < 4.78 is 0. The molecule has 1 fully saturated rings. The van der Waals surface area contributed by atoms with Crippen LogP contribution < -0.4 is 5.73 Å². The van der Waals surface area contributed by atoms with Gasteiger partial charge in [-0.3, -0.25) is 0 Å².